The summed E-state index contributed by atoms with van der Waals surface area (Å²) in [5, 5.41) is 0.738. The second-order valence-electron chi connectivity index (χ2n) is 5.23. The van der Waals surface area contributed by atoms with E-state index in [0.29, 0.717) is 10.5 Å². The van der Waals surface area contributed by atoms with Gasteiger partial charge in [0.05, 0.1) is 0 Å². The van der Waals surface area contributed by atoms with Gasteiger partial charge in [0.2, 0.25) is 0 Å². The zero-order valence-corrected chi connectivity index (χ0v) is 15.4. The third-order valence-electron chi connectivity index (χ3n) is 3.03. The number of carbonyl (C=O) groups is 2. The van der Waals surface area contributed by atoms with Gasteiger partial charge in [-0.2, -0.15) is 9.25 Å². The zero-order chi connectivity index (χ0) is 19.5. The zero-order valence-electron chi connectivity index (χ0n) is 14.5. The quantitative estimate of drug-likeness (QED) is 0.310. The van der Waals surface area contributed by atoms with Gasteiger partial charge in [-0.1, -0.05) is 71.1 Å². The van der Waals surface area contributed by atoms with Gasteiger partial charge in [-0.3, -0.25) is 14.2 Å². The minimum atomic E-state index is -3.94. The van der Waals surface area contributed by atoms with Crippen molar-refractivity contribution in [1.82, 2.24) is 10.5 Å². The maximum absolute atomic E-state index is 12.4. The fraction of sp³-hybridized carbons (Fsp3) is 0.176. The van der Waals surface area contributed by atoms with Crippen molar-refractivity contribution in [3.63, 3.8) is 0 Å². The van der Waals surface area contributed by atoms with Gasteiger partial charge in [-0.25, -0.2) is 9.68 Å². The predicted octanol–water partition coefficient (Wildman–Crippen LogP) is 2.85. The molecular formula is C17H19N2O7P. The number of hydrogen-bond acceptors (Lipinski definition) is 7. The Morgan fingerprint density at radius 2 is 1.15 bits per heavy atom. The van der Waals surface area contributed by atoms with E-state index in [1.54, 1.807) is 48.5 Å². The highest BCUT2D eigenvalue weighted by Gasteiger charge is 2.27. The molecule has 2 aromatic carbocycles. The van der Waals surface area contributed by atoms with Gasteiger partial charge in [-0.05, 0) is 11.1 Å². The molecule has 27 heavy (non-hydrogen) atoms. The number of carbonyl (C=O) groups excluding carboxylic acids is 2. The molecule has 10 heteroatoms. The molecule has 0 saturated heterocycles. The van der Waals surface area contributed by atoms with Gasteiger partial charge in [0, 0.05) is 6.66 Å². The molecule has 0 radical (unpaired) electrons. The van der Waals surface area contributed by atoms with E-state index in [-0.39, 0.29) is 26.0 Å². The van der Waals surface area contributed by atoms with Crippen molar-refractivity contribution in [2.45, 2.75) is 13.2 Å². The first-order valence-electron chi connectivity index (χ1n) is 7.82. The van der Waals surface area contributed by atoms with Gasteiger partial charge in [0.1, 0.15) is 13.2 Å². The average molecular weight is 394 g/mol. The molecule has 0 aliphatic heterocycles. The number of hydrogen-bond donors (Lipinski definition) is 0. The Balaban J connectivity index is 1.85. The molecule has 0 spiro atoms. The Morgan fingerprint density at radius 1 is 0.778 bits per heavy atom. The molecule has 9 nitrogen and oxygen atoms in total. The van der Waals surface area contributed by atoms with Crippen molar-refractivity contribution < 1.29 is 33.1 Å². The van der Waals surface area contributed by atoms with E-state index in [1.165, 1.54) is 0 Å². The van der Waals surface area contributed by atoms with Crippen molar-refractivity contribution in [2.24, 2.45) is 0 Å². The largest absolute Gasteiger partial charge is 0.374 e. The molecule has 0 fully saturated rings. The predicted molar refractivity (Wildman–Crippen MR) is 94.0 cm³/mol. The standard InChI is InChI=1S/C17H19N2O7P/c1-27(22,25-18(14-20)23-12-16-8-4-2-5-9-16)26-19(15-21)24-13-17-10-6-3-7-11-17/h2-11,14-15H,12-13H2,1H3. The van der Waals surface area contributed by atoms with Crippen LogP contribution < -0.4 is 0 Å². The highest BCUT2D eigenvalue weighted by molar-refractivity contribution is 7.52. The van der Waals surface area contributed by atoms with Crippen LogP contribution in [0.3, 0.4) is 0 Å². The normalized spacial score (nSPS) is 11.0. The highest BCUT2D eigenvalue weighted by Crippen LogP contribution is 2.45. The lowest BCUT2D eigenvalue weighted by Gasteiger charge is -2.23. The molecular weight excluding hydrogens is 375 g/mol. The summed E-state index contributed by atoms with van der Waals surface area (Å²) in [5.74, 6) is 0. The lowest BCUT2D eigenvalue weighted by atomic mass is 10.2. The van der Waals surface area contributed by atoms with Gasteiger partial charge < -0.3 is 0 Å². The van der Waals surface area contributed by atoms with E-state index in [4.69, 9.17) is 18.9 Å². The second-order valence-corrected chi connectivity index (χ2v) is 7.10. The van der Waals surface area contributed by atoms with Crippen LogP contribution >= 0.6 is 7.60 Å². The van der Waals surface area contributed by atoms with Gasteiger partial charge in [0.15, 0.2) is 0 Å². The van der Waals surface area contributed by atoms with Crippen LogP contribution in [0.15, 0.2) is 60.7 Å². The summed E-state index contributed by atoms with van der Waals surface area (Å²) < 4.78 is 22.1. The fourth-order valence-corrected chi connectivity index (χ4v) is 2.66. The number of hydroxylamine groups is 4. The molecule has 2 aromatic rings. The Bertz CT molecular complexity index is 699. The van der Waals surface area contributed by atoms with Crippen LogP contribution in [0.2, 0.25) is 0 Å². The van der Waals surface area contributed by atoms with Gasteiger partial charge in [-0.15, -0.1) is 0 Å². The first-order chi connectivity index (χ1) is 13.0. The van der Waals surface area contributed by atoms with Crippen LogP contribution in [0.4, 0.5) is 0 Å². The van der Waals surface area contributed by atoms with Crippen molar-refractivity contribution in [1.29, 1.82) is 0 Å². The fourth-order valence-electron chi connectivity index (χ4n) is 1.88. The molecule has 2 rings (SSSR count). The monoisotopic (exact) mass is 394 g/mol. The molecule has 0 atom stereocenters. The summed E-state index contributed by atoms with van der Waals surface area (Å²) in [7, 11) is -3.94. The van der Waals surface area contributed by atoms with Gasteiger partial charge in [0.25, 0.3) is 12.8 Å². The molecule has 0 heterocycles. The second kappa shape index (κ2) is 10.6. The molecule has 0 aliphatic rings. The van der Waals surface area contributed by atoms with E-state index in [9.17, 15) is 14.2 Å². The number of amides is 2. The summed E-state index contributed by atoms with van der Waals surface area (Å²) in [6.07, 6.45) is 0.358. The number of benzene rings is 2. The molecule has 0 bridgehead atoms. The van der Waals surface area contributed by atoms with Crippen LogP contribution in [0.5, 0.6) is 0 Å². The van der Waals surface area contributed by atoms with Crippen LogP contribution in [0.25, 0.3) is 0 Å². The summed E-state index contributed by atoms with van der Waals surface area (Å²) in [5.41, 5.74) is 1.53. The lowest BCUT2D eigenvalue weighted by molar-refractivity contribution is -0.323. The van der Waals surface area contributed by atoms with Crippen LogP contribution in [-0.4, -0.2) is 29.9 Å². The van der Waals surface area contributed by atoms with Crippen molar-refractivity contribution in [2.75, 3.05) is 6.66 Å². The first-order valence-corrected chi connectivity index (χ1v) is 9.81. The Kier molecular flexibility index (Phi) is 8.12. The van der Waals surface area contributed by atoms with E-state index in [0.717, 1.165) is 17.8 Å². The van der Waals surface area contributed by atoms with Crippen LogP contribution in [0.1, 0.15) is 11.1 Å². The molecule has 0 unspecified atom stereocenters. The maximum Gasteiger partial charge on any atom is 0.374 e. The summed E-state index contributed by atoms with van der Waals surface area (Å²) >= 11 is 0. The number of nitrogens with zero attached hydrogens (tertiary/aromatic N) is 2. The highest BCUT2D eigenvalue weighted by atomic mass is 31.2. The van der Waals surface area contributed by atoms with Crippen molar-refractivity contribution >= 4 is 20.4 Å². The Labute approximate surface area is 156 Å². The van der Waals surface area contributed by atoms with Gasteiger partial charge >= 0.3 is 7.60 Å². The van der Waals surface area contributed by atoms with E-state index in [1.807, 2.05) is 12.1 Å². The maximum atomic E-state index is 12.4. The molecule has 0 aliphatic carbocycles. The molecule has 0 saturated carbocycles. The lowest BCUT2D eigenvalue weighted by Crippen LogP contribution is -2.26. The Morgan fingerprint density at radius 3 is 1.48 bits per heavy atom. The summed E-state index contributed by atoms with van der Waals surface area (Å²) in [6, 6.07) is 17.9. The van der Waals surface area contributed by atoms with Crippen molar-refractivity contribution in [3.8, 4) is 0 Å². The van der Waals surface area contributed by atoms with Crippen LogP contribution in [-0.2, 0) is 46.3 Å². The first kappa shape index (κ1) is 20.8. The Hall–Kier alpha value is -2.55. The third-order valence-corrected chi connectivity index (χ3v) is 3.95. The molecule has 144 valence electrons. The molecule has 0 N–H and O–H groups in total. The number of rotatable bonds is 12. The smallest absolute Gasteiger partial charge is 0.274 e. The SMILES string of the molecule is CP(=O)(ON(C=O)OCc1ccccc1)ON(C=O)OCc1ccccc1. The summed E-state index contributed by atoms with van der Waals surface area (Å²) in [4.78, 5) is 32.3. The van der Waals surface area contributed by atoms with Crippen LogP contribution in [0, 0.1) is 0 Å². The van der Waals surface area contributed by atoms with E-state index >= 15 is 0 Å². The average Bonchev–Trinajstić information content (AvgIpc) is 2.69. The topological polar surface area (TPSA) is 94.6 Å². The minimum Gasteiger partial charge on any atom is -0.274 e. The van der Waals surface area contributed by atoms with E-state index < -0.39 is 7.60 Å². The molecule has 2 amide bonds. The summed E-state index contributed by atoms with van der Waals surface area (Å²) in [6.45, 7) is 1.06. The third kappa shape index (κ3) is 7.69. The molecule has 0 aromatic heterocycles. The minimum absolute atomic E-state index is 0.00147. The van der Waals surface area contributed by atoms with E-state index in [2.05, 4.69) is 0 Å². The van der Waals surface area contributed by atoms with Crippen molar-refractivity contribution in [3.05, 3.63) is 71.8 Å².